The average molecular weight is 365 g/mol. The monoisotopic (exact) mass is 365 g/mol. The zero-order valence-corrected chi connectivity index (χ0v) is 15.2. The Morgan fingerprint density at radius 3 is 2.63 bits per heavy atom. The lowest BCUT2D eigenvalue weighted by Crippen LogP contribution is -2.14. The molecule has 1 amide bonds. The number of carbonyl (C=O) groups excluding carboxylic acids is 2. The lowest BCUT2D eigenvalue weighted by molar-refractivity contribution is -0.116. The molecular formula is C21H20FN3O2. The quantitative estimate of drug-likeness (QED) is 0.665. The molecule has 138 valence electrons. The second-order valence-electron chi connectivity index (χ2n) is 6.43. The van der Waals surface area contributed by atoms with E-state index in [-0.39, 0.29) is 24.5 Å². The maximum absolute atomic E-state index is 14.2. The second-order valence-corrected chi connectivity index (χ2v) is 6.43. The van der Waals surface area contributed by atoms with Gasteiger partial charge < -0.3 is 9.88 Å². The van der Waals surface area contributed by atoms with Crippen molar-refractivity contribution in [3.8, 4) is 5.69 Å². The first-order chi connectivity index (χ1) is 12.9. The van der Waals surface area contributed by atoms with Gasteiger partial charge in [0.1, 0.15) is 5.82 Å². The normalized spacial score (nSPS) is 10.6. The van der Waals surface area contributed by atoms with Crippen LogP contribution in [0.1, 0.15) is 34.3 Å². The molecule has 3 rings (SSSR count). The van der Waals surface area contributed by atoms with Crippen molar-refractivity contribution in [1.29, 1.82) is 0 Å². The molecule has 1 heterocycles. The number of hydrogen-bond acceptors (Lipinski definition) is 3. The summed E-state index contributed by atoms with van der Waals surface area (Å²) in [7, 11) is 0. The Labute approximate surface area is 156 Å². The summed E-state index contributed by atoms with van der Waals surface area (Å²) in [6, 6.07) is 10.1. The van der Waals surface area contributed by atoms with Crippen LogP contribution in [0, 0.1) is 19.7 Å². The number of aromatic nitrogens is 2. The second kappa shape index (κ2) is 7.95. The van der Waals surface area contributed by atoms with Crippen LogP contribution in [0.15, 0.2) is 55.1 Å². The summed E-state index contributed by atoms with van der Waals surface area (Å²) in [5, 5.41) is 2.63. The lowest BCUT2D eigenvalue weighted by Gasteiger charge is -2.09. The molecule has 0 atom stereocenters. The molecule has 1 N–H and O–H groups in total. The van der Waals surface area contributed by atoms with Gasteiger partial charge in [-0.25, -0.2) is 9.37 Å². The number of rotatable bonds is 6. The molecule has 0 saturated heterocycles. The van der Waals surface area contributed by atoms with Crippen molar-refractivity contribution in [1.82, 2.24) is 9.55 Å². The zero-order chi connectivity index (χ0) is 19.4. The Balaban J connectivity index is 1.60. The van der Waals surface area contributed by atoms with Crippen LogP contribution in [0.25, 0.3) is 5.69 Å². The molecule has 0 unspecified atom stereocenters. The molecule has 2 aromatic carbocycles. The minimum atomic E-state index is -0.475. The van der Waals surface area contributed by atoms with Crippen molar-refractivity contribution < 1.29 is 14.0 Å². The van der Waals surface area contributed by atoms with Gasteiger partial charge >= 0.3 is 0 Å². The predicted molar refractivity (Wildman–Crippen MR) is 102 cm³/mol. The number of amides is 1. The molecule has 0 fully saturated rings. The first-order valence-corrected chi connectivity index (χ1v) is 8.62. The molecule has 0 spiro atoms. The average Bonchev–Trinajstić information content (AvgIpc) is 3.16. The number of Topliss-reactive ketones (excluding diaryl/α,β-unsaturated/α-hetero) is 1. The number of anilines is 1. The topological polar surface area (TPSA) is 64.0 Å². The highest BCUT2D eigenvalue weighted by Gasteiger charge is 2.13. The van der Waals surface area contributed by atoms with E-state index in [1.165, 1.54) is 12.4 Å². The molecule has 6 heteroatoms. The van der Waals surface area contributed by atoms with Gasteiger partial charge in [0.2, 0.25) is 5.91 Å². The van der Waals surface area contributed by atoms with Gasteiger partial charge in [0.25, 0.3) is 0 Å². The molecule has 3 aromatic rings. The van der Waals surface area contributed by atoms with E-state index in [0.717, 1.165) is 11.1 Å². The summed E-state index contributed by atoms with van der Waals surface area (Å²) in [6.45, 7) is 3.79. The third kappa shape index (κ3) is 4.47. The van der Waals surface area contributed by atoms with E-state index >= 15 is 0 Å². The van der Waals surface area contributed by atoms with Gasteiger partial charge in [-0.2, -0.15) is 0 Å². The smallest absolute Gasteiger partial charge is 0.224 e. The largest absolute Gasteiger partial charge is 0.326 e. The molecule has 0 bridgehead atoms. The molecular weight excluding hydrogens is 345 g/mol. The Hall–Kier alpha value is -3.28. The highest BCUT2D eigenvalue weighted by molar-refractivity contribution is 6.01. The van der Waals surface area contributed by atoms with Crippen LogP contribution in [0.5, 0.6) is 0 Å². The van der Waals surface area contributed by atoms with Crippen molar-refractivity contribution >= 4 is 17.4 Å². The van der Waals surface area contributed by atoms with Crippen LogP contribution >= 0.6 is 0 Å². The van der Waals surface area contributed by atoms with E-state index in [1.54, 1.807) is 29.1 Å². The van der Waals surface area contributed by atoms with Crippen molar-refractivity contribution in [3.63, 3.8) is 0 Å². The highest BCUT2D eigenvalue weighted by Crippen LogP contribution is 2.19. The van der Waals surface area contributed by atoms with Crippen LogP contribution in [0.3, 0.4) is 0 Å². The fourth-order valence-corrected chi connectivity index (χ4v) is 2.82. The minimum absolute atomic E-state index is 0.0388. The van der Waals surface area contributed by atoms with E-state index in [4.69, 9.17) is 0 Å². The van der Waals surface area contributed by atoms with Gasteiger partial charge in [-0.15, -0.1) is 0 Å². The number of benzene rings is 2. The molecule has 0 radical (unpaired) electrons. The molecule has 27 heavy (non-hydrogen) atoms. The molecule has 0 aliphatic rings. The van der Waals surface area contributed by atoms with Crippen LogP contribution in [-0.2, 0) is 4.79 Å². The SMILES string of the molecule is Cc1ccc(C)c(C(=O)CCC(=O)Nc2ccc(-n3ccnc3)c(F)c2)c1. The van der Waals surface area contributed by atoms with Gasteiger partial charge in [-0.05, 0) is 43.7 Å². The first-order valence-electron chi connectivity index (χ1n) is 8.62. The Kier molecular flexibility index (Phi) is 5.45. The number of imidazole rings is 1. The Morgan fingerprint density at radius 1 is 1.11 bits per heavy atom. The van der Waals surface area contributed by atoms with Crippen molar-refractivity contribution in [3.05, 3.63) is 77.6 Å². The summed E-state index contributed by atoms with van der Waals surface area (Å²) in [5.74, 6) is -0.881. The van der Waals surface area contributed by atoms with Crippen molar-refractivity contribution in [2.75, 3.05) is 5.32 Å². The standard InChI is InChI=1S/C21H20FN3O2/c1-14-3-4-15(2)17(11-14)20(26)7-8-21(27)24-16-5-6-19(18(22)12-16)25-10-9-23-13-25/h3-6,9-13H,7-8H2,1-2H3,(H,24,27). The van der Waals surface area contributed by atoms with Gasteiger partial charge in [0, 0.05) is 36.5 Å². The van der Waals surface area contributed by atoms with Crippen molar-refractivity contribution in [2.24, 2.45) is 0 Å². The predicted octanol–water partition coefficient (Wildman–Crippen LogP) is 4.23. The van der Waals surface area contributed by atoms with E-state index < -0.39 is 5.82 Å². The van der Waals surface area contributed by atoms with Gasteiger partial charge in [-0.3, -0.25) is 9.59 Å². The van der Waals surface area contributed by atoms with Crippen LogP contribution in [0.4, 0.5) is 10.1 Å². The lowest BCUT2D eigenvalue weighted by atomic mass is 9.99. The van der Waals surface area contributed by atoms with Gasteiger partial charge in [0.05, 0.1) is 12.0 Å². The summed E-state index contributed by atoms with van der Waals surface area (Å²) >= 11 is 0. The number of halogens is 1. The number of nitrogens with zero attached hydrogens (tertiary/aromatic N) is 2. The fourth-order valence-electron chi connectivity index (χ4n) is 2.82. The van der Waals surface area contributed by atoms with E-state index in [1.807, 2.05) is 32.0 Å². The summed E-state index contributed by atoms with van der Waals surface area (Å²) in [5.41, 5.74) is 3.22. The summed E-state index contributed by atoms with van der Waals surface area (Å²) in [6.07, 6.45) is 4.83. The molecule has 0 aliphatic heterocycles. The number of hydrogen-bond donors (Lipinski definition) is 1. The summed E-state index contributed by atoms with van der Waals surface area (Å²) in [4.78, 5) is 28.4. The maximum Gasteiger partial charge on any atom is 0.224 e. The molecule has 5 nitrogen and oxygen atoms in total. The number of aryl methyl sites for hydroxylation is 2. The number of nitrogens with one attached hydrogen (secondary N) is 1. The maximum atomic E-state index is 14.2. The molecule has 0 aliphatic carbocycles. The number of carbonyl (C=O) groups is 2. The van der Waals surface area contributed by atoms with Crippen LogP contribution in [-0.4, -0.2) is 21.2 Å². The number of ketones is 1. The third-order valence-corrected chi connectivity index (χ3v) is 4.29. The Morgan fingerprint density at radius 2 is 1.93 bits per heavy atom. The first kappa shape index (κ1) is 18.5. The Bertz CT molecular complexity index is 981. The molecule has 0 saturated carbocycles. The fraction of sp³-hybridized carbons (Fsp3) is 0.190. The zero-order valence-electron chi connectivity index (χ0n) is 15.2. The van der Waals surface area contributed by atoms with Gasteiger partial charge in [0.15, 0.2) is 5.78 Å². The third-order valence-electron chi connectivity index (χ3n) is 4.29. The molecule has 1 aromatic heterocycles. The van der Waals surface area contributed by atoms with Crippen LogP contribution < -0.4 is 5.32 Å². The highest BCUT2D eigenvalue weighted by atomic mass is 19.1. The van der Waals surface area contributed by atoms with Crippen LogP contribution in [0.2, 0.25) is 0 Å². The van der Waals surface area contributed by atoms with Gasteiger partial charge in [-0.1, -0.05) is 17.7 Å². The van der Waals surface area contributed by atoms with E-state index in [0.29, 0.717) is 16.9 Å². The van der Waals surface area contributed by atoms with E-state index in [9.17, 15) is 14.0 Å². The van der Waals surface area contributed by atoms with Crippen molar-refractivity contribution in [2.45, 2.75) is 26.7 Å². The summed E-state index contributed by atoms with van der Waals surface area (Å²) < 4.78 is 15.8. The van der Waals surface area contributed by atoms with E-state index in [2.05, 4.69) is 10.3 Å². The minimum Gasteiger partial charge on any atom is -0.326 e.